The molecular weight excluding hydrogens is 434 g/mol. The molecule has 0 saturated carbocycles. The van der Waals surface area contributed by atoms with E-state index in [0.29, 0.717) is 18.9 Å². The van der Waals surface area contributed by atoms with Crippen molar-refractivity contribution in [3.05, 3.63) is 86.6 Å². The Bertz CT molecular complexity index is 1270. The molecule has 172 valence electrons. The number of non-ortho nitro benzene ring substituents is 1. The van der Waals surface area contributed by atoms with E-state index in [9.17, 15) is 14.9 Å². The van der Waals surface area contributed by atoms with Gasteiger partial charge in [0.05, 0.1) is 30.0 Å². The second kappa shape index (κ2) is 9.40. The lowest BCUT2D eigenvalue weighted by atomic mass is 10.1. The Morgan fingerprint density at radius 3 is 2.74 bits per heavy atom. The zero-order chi connectivity index (χ0) is 23.5. The van der Waals surface area contributed by atoms with Gasteiger partial charge in [-0.2, -0.15) is 5.10 Å². The summed E-state index contributed by atoms with van der Waals surface area (Å²) in [5.41, 5.74) is 5.81. The number of allylic oxidation sites excluding steroid dienone is 2. The van der Waals surface area contributed by atoms with E-state index in [0.717, 1.165) is 59.6 Å². The lowest BCUT2D eigenvalue weighted by Crippen LogP contribution is -2.36. The fourth-order valence-corrected chi connectivity index (χ4v) is 4.46. The standard InChI is InChI=1S/C25H23N5O4/c31-25-23(21-6-1-2-7-22(21)27-25)28-26-16-19-9-8-18(24(19)29-10-12-34-13-11-29)14-17-4-3-5-20(15-17)30(32)33/h1-7,14-16H,8-13H2,(H,27,28,31). The molecule has 0 unspecified atom stereocenters. The zero-order valence-corrected chi connectivity index (χ0v) is 18.4. The summed E-state index contributed by atoms with van der Waals surface area (Å²) in [5, 5.41) is 22.5. The number of benzene rings is 2. The summed E-state index contributed by atoms with van der Waals surface area (Å²) in [6.07, 6.45) is 5.28. The van der Waals surface area contributed by atoms with Crippen LogP contribution < -0.4 is 5.32 Å². The van der Waals surface area contributed by atoms with Gasteiger partial charge in [-0.3, -0.25) is 14.9 Å². The maximum Gasteiger partial charge on any atom is 0.276 e. The molecule has 1 saturated heterocycles. The first-order valence-corrected chi connectivity index (χ1v) is 11.1. The van der Waals surface area contributed by atoms with Gasteiger partial charge in [0.1, 0.15) is 0 Å². The Kier molecular flexibility index (Phi) is 6.01. The van der Waals surface area contributed by atoms with Crippen LogP contribution in [0.3, 0.4) is 0 Å². The predicted octanol–water partition coefficient (Wildman–Crippen LogP) is 3.79. The number of carbonyl (C=O) groups excluding carboxylic acids is 1. The number of nitrogens with zero attached hydrogens (tertiary/aromatic N) is 4. The third-order valence-corrected chi connectivity index (χ3v) is 6.04. The minimum atomic E-state index is -0.385. The summed E-state index contributed by atoms with van der Waals surface area (Å²) in [5.74, 6) is -0.265. The number of hydrogen-bond acceptors (Lipinski definition) is 7. The minimum Gasteiger partial charge on any atom is -0.378 e. The van der Waals surface area contributed by atoms with Crippen LogP contribution in [0.25, 0.3) is 6.08 Å². The maximum atomic E-state index is 12.3. The molecule has 5 rings (SSSR count). The van der Waals surface area contributed by atoms with E-state index in [2.05, 4.69) is 20.4 Å². The number of hydrogen-bond donors (Lipinski definition) is 1. The summed E-state index contributed by atoms with van der Waals surface area (Å²) in [6.45, 7) is 2.78. The number of anilines is 1. The van der Waals surface area contributed by atoms with Crippen LogP contribution in [0.1, 0.15) is 24.0 Å². The van der Waals surface area contributed by atoms with E-state index < -0.39 is 0 Å². The SMILES string of the molecule is O=C1Nc2ccccc2/C1=N/N=CC1=C(N2CCOCC2)C(=Cc2cccc([N+](=O)[O-])c2)CC1. The number of nitrogens with one attached hydrogen (secondary N) is 1. The molecule has 0 atom stereocenters. The highest BCUT2D eigenvalue weighted by Gasteiger charge is 2.27. The maximum absolute atomic E-state index is 12.3. The average molecular weight is 457 g/mol. The number of rotatable bonds is 5. The molecule has 1 aliphatic carbocycles. The molecule has 2 heterocycles. The number of fused-ring (bicyclic) bond motifs is 1. The van der Waals surface area contributed by atoms with Gasteiger partial charge in [0, 0.05) is 36.5 Å². The molecule has 9 nitrogen and oxygen atoms in total. The highest BCUT2D eigenvalue weighted by atomic mass is 16.6. The lowest BCUT2D eigenvalue weighted by molar-refractivity contribution is -0.384. The van der Waals surface area contributed by atoms with Crippen molar-refractivity contribution in [3.8, 4) is 0 Å². The summed E-state index contributed by atoms with van der Waals surface area (Å²) >= 11 is 0. The lowest BCUT2D eigenvalue weighted by Gasteiger charge is -2.31. The van der Waals surface area contributed by atoms with E-state index >= 15 is 0 Å². The number of nitro benzene ring substituents is 1. The summed E-state index contributed by atoms with van der Waals surface area (Å²) in [4.78, 5) is 25.4. The second-order valence-corrected chi connectivity index (χ2v) is 8.19. The molecular formula is C25H23N5O4. The molecule has 2 aromatic carbocycles. The number of carbonyl (C=O) groups is 1. The molecule has 0 bridgehead atoms. The first-order valence-electron chi connectivity index (χ1n) is 11.1. The van der Waals surface area contributed by atoms with Crippen LogP contribution in [0.5, 0.6) is 0 Å². The quantitative estimate of drug-likeness (QED) is 0.417. The van der Waals surface area contributed by atoms with Crippen molar-refractivity contribution in [2.75, 3.05) is 31.6 Å². The van der Waals surface area contributed by atoms with Gasteiger partial charge in [0.2, 0.25) is 0 Å². The van der Waals surface area contributed by atoms with Crippen molar-refractivity contribution in [1.29, 1.82) is 0 Å². The highest BCUT2D eigenvalue weighted by Crippen LogP contribution is 2.35. The highest BCUT2D eigenvalue weighted by molar-refractivity contribution is 6.53. The first-order chi connectivity index (χ1) is 16.6. The average Bonchev–Trinajstić information content (AvgIpc) is 3.40. The van der Waals surface area contributed by atoms with Crippen LogP contribution in [0.4, 0.5) is 11.4 Å². The van der Waals surface area contributed by atoms with Crippen molar-refractivity contribution in [2.45, 2.75) is 12.8 Å². The Labute approximate surface area is 196 Å². The summed E-state index contributed by atoms with van der Waals surface area (Å²) < 4.78 is 5.53. The van der Waals surface area contributed by atoms with Gasteiger partial charge in [-0.05, 0) is 41.7 Å². The van der Waals surface area contributed by atoms with Crippen molar-refractivity contribution in [3.63, 3.8) is 0 Å². The van der Waals surface area contributed by atoms with Crippen LogP contribution >= 0.6 is 0 Å². The van der Waals surface area contributed by atoms with Gasteiger partial charge in [0.25, 0.3) is 11.6 Å². The number of ether oxygens (including phenoxy) is 1. The third-order valence-electron chi connectivity index (χ3n) is 6.04. The van der Waals surface area contributed by atoms with Crippen LogP contribution in [-0.2, 0) is 9.53 Å². The van der Waals surface area contributed by atoms with E-state index in [1.807, 2.05) is 36.4 Å². The van der Waals surface area contributed by atoms with E-state index in [-0.39, 0.29) is 16.5 Å². The number of morpholine rings is 1. The molecule has 1 fully saturated rings. The minimum absolute atomic E-state index is 0.0666. The van der Waals surface area contributed by atoms with Crippen molar-refractivity contribution in [2.24, 2.45) is 10.2 Å². The smallest absolute Gasteiger partial charge is 0.276 e. The Morgan fingerprint density at radius 2 is 1.91 bits per heavy atom. The van der Waals surface area contributed by atoms with Gasteiger partial charge in [-0.15, -0.1) is 5.10 Å². The molecule has 2 aromatic rings. The molecule has 34 heavy (non-hydrogen) atoms. The number of nitro groups is 1. The largest absolute Gasteiger partial charge is 0.378 e. The fourth-order valence-electron chi connectivity index (χ4n) is 4.46. The molecule has 0 spiro atoms. The molecule has 1 amide bonds. The van der Waals surface area contributed by atoms with Gasteiger partial charge < -0.3 is 15.0 Å². The van der Waals surface area contributed by atoms with Crippen LogP contribution in [0, 0.1) is 10.1 Å². The monoisotopic (exact) mass is 457 g/mol. The number of para-hydroxylation sites is 1. The van der Waals surface area contributed by atoms with Crippen molar-refractivity contribution in [1.82, 2.24) is 4.90 Å². The molecule has 9 heteroatoms. The normalized spacial score (nSPS) is 20.5. The van der Waals surface area contributed by atoms with E-state index in [1.54, 1.807) is 18.3 Å². The Hall–Kier alpha value is -4.11. The van der Waals surface area contributed by atoms with Crippen molar-refractivity contribution < 1.29 is 14.5 Å². The molecule has 3 aliphatic rings. The van der Waals surface area contributed by atoms with Crippen LogP contribution in [-0.4, -0.2) is 54.0 Å². The third kappa shape index (κ3) is 4.38. The topological polar surface area (TPSA) is 109 Å². The van der Waals surface area contributed by atoms with E-state index in [4.69, 9.17) is 4.74 Å². The summed E-state index contributed by atoms with van der Waals surface area (Å²) in [7, 11) is 0. The molecule has 0 aromatic heterocycles. The van der Waals surface area contributed by atoms with E-state index in [1.165, 1.54) is 6.07 Å². The number of amides is 1. The Morgan fingerprint density at radius 1 is 1.09 bits per heavy atom. The second-order valence-electron chi connectivity index (χ2n) is 8.19. The van der Waals surface area contributed by atoms with Gasteiger partial charge in [-0.1, -0.05) is 30.3 Å². The van der Waals surface area contributed by atoms with Gasteiger partial charge >= 0.3 is 0 Å². The first kappa shape index (κ1) is 21.7. The van der Waals surface area contributed by atoms with Gasteiger partial charge in [-0.25, -0.2) is 0 Å². The molecule has 0 radical (unpaired) electrons. The zero-order valence-electron chi connectivity index (χ0n) is 18.4. The van der Waals surface area contributed by atoms with Crippen molar-refractivity contribution >= 4 is 35.3 Å². The van der Waals surface area contributed by atoms with Gasteiger partial charge in [0.15, 0.2) is 5.71 Å². The predicted molar refractivity (Wildman–Crippen MR) is 130 cm³/mol. The summed E-state index contributed by atoms with van der Waals surface area (Å²) in [6, 6.07) is 14.0. The Balaban J connectivity index is 1.48. The molecule has 2 aliphatic heterocycles. The van der Waals surface area contributed by atoms with Crippen LogP contribution in [0.2, 0.25) is 0 Å². The molecule has 1 N–H and O–H groups in total. The van der Waals surface area contributed by atoms with Crippen LogP contribution in [0.15, 0.2) is 75.6 Å². The fraction of sp³-hybridized carbons (Fsp3) is 0.240.